The van der Waals surface area contributed by atoms with E-state index in [1.165, 1.54) is 6.07 Å². The van der Waals surface area contributed by atoms with E-state index in [4.69, 9.17) is 0 Å². The van der Waals surface area contributed by atoms with Crippen LogP contribution >= 0.6 is 0 Å². The normalized spacial score (nSPS) is 10.4. The van der Waals surface area contributed by atoms with E-state index < -0.39 is 17.5 Å². The fraction of sp³-hybridized carbons (Fsp3) is 0.167. The molecule has 0 bridgehead atoms. The van der Waals surface area contributed by atoms with Crippen LogP contribution in [0.1, 0.15) is 5.69 Å². The van der Waals surface area contributed by atoms with Crippen LogP contribution in [0.3, 0.4) is 0 Å². The molecule has 0 saturated heterocycles. The van der Waals surface area contributed by atoms with Crippen LogP contribution in [0, 0.1) is 24.4 Å². The van der Waals surface area contributed by atoms with Crippen molar-refractivity contribution in [3.63, 3.8) is 0 Å². The van der Waals surface area contributed by atoms with Gasteiger partial charge in [0.1, 0.15) is 11.6 Å². The number of aromatic nitrogens is 2. The Morgan fingerprint density at radius 1 is 1.05 bits per heavy atom. The third-order valence-electron chi connectivity index (χ3n) is 2.33. The van der Waals surface area contributed by atoms with Gasteiger partial charge >= 0.3 is 0 Å². The Kier molecular flexibility index (Phi) is 3.55. The molecule has 0 amide bonds. The number of benzene rings is 1. The number of aryl methyl sites for hydroxylation is 1. The predicted octanol–water partition coefficient (Wildman–Crippen LogP) is 2.99. The summed E-state index contributed by atoms with van der Waals surface area (Å²) in [6, 6.07) is 2.86. The van der Waals surface area contributed by atoms with Gasteiger partial charge in [0.25, 0.3) is 0 Å². The molecular formula is C12H11F3N4. The number of nitrogens with one attached hydrogen (secondary N) is 2. The highest BCUT2D eigenvalue weighted by Gasteiger charge is 2.12. The molecule has 2 rings (SSSR count). The van der Waals surface area contributed by atoms with Crippen molar-refractivity contribution in [2.45, 2.75) is 6.92 Å². The largest absolute Gasteiger partial charge is 0.357 e. The Hall–Kier alpha value is -2.31. The molecule has 7 heteroatoms. The molecule has 0 spiro atoms. The lowest BCUT2D eigenvalue weighted by Gasteiger charge is -2.09. The molecule has 0 saturated carbocycles. The van der Waals surface area contributed by atoms with Crippen LogP contribution < -0.4 is 10.6 Å². The minimum atomic E-state index is -1.26. The summed E-state index contributed by atoms with van der Waals surface area (Å²) in [5.74, 6) is -2.74. The lowest BCUT2D eigenvalue weighted by atomic mass is 10.2. The maximum Gasteiger partial charge on any atom is 0.224 e. The number of halogens is 3. The minimum absolute atomic E-state index is 0.237. The van der Waals surface area contributed by atoms with Gasteiger partial charge < -0.3 is 10.6 Å². The second-order valence-corrected chi connectivity index (χ2v) is 3.84. The molecule has 19 heavy (non-hydrogen) atoms. The zero-order valence-electron chi connectivity index (χ0n) is 10.3. The first-order valence-corrected chi connectivity index (χ1v) is 5.44. The SMILES string of the molecule is CNc1nc(C)cc(Nc2cc(F)cc(F)c2F)n1. The first-order chi connectivity index (χ1) is 8.99. The molecule has 0 radical (unpaired) electrons. The van der Waals surface area contributed by atoms with Gasteiger partial charge in [0.2, 0.25) is 5.95 Å². The molecule has 4 nitrogen and oxygen atoms in total. The van der Waals surface area contributed by atoms with Crippen molar-refractivity contribution >= 4 is 17.5 Å². The molecule has 0 atom stereocenters. The standard InChI is InChI=1S/C12H11F3N4/c1-6-3-10(19-12(16-2)17-6)18-9-5-7(13)4-8(14)11(9)15/h3-5H,1-2H3,(H2,16,17,18,19). The van der Waals surface area contributed by atoms with E-state index in [0.29, 0.717) is 17.7 Å². The average Bonchev–Trinajstić information content (AvgIpc) is 2.34. The third-order valence-corrected chi connectivity index (χ3v) is 2.33. The first-order valence-electron chi connectivity index (χ1n) is 5.44. The summed E-state index contributed by atoms with van der Waals surface area (Å²) in [6.45, 7) is 1.72. The van der Waals surface area contributed by atoms with E-state index in [-0.39, 0.29) is 11.5 Å². The van der Waals surface area contributed by atoms with E-state index in [9.17, 15) is 13.2 Å². The summed E-state index contributed by atoms with van der Waals surface area (Å²) >= 11 is 0. The van der Waals surface area contributed by atoms with Gasteiger partial charge in [-0.15, -0.1) is 0 Å². The Morgan fingerprint density at radius 2 is 1.79 bits per heavy atom. The van der Waals surface area contributed by atoms with E-state index in [0.717, 1.165) is 6.07 Å². The monoisotopic (exact) mass is 268 g/mol. The number of hydrogen-bond acceptors (Lipinski definition) is 4. The lowest BCUT2D eigenvalue weighted by Crippen LogP contribution is -2.04. The summed E-state index contributed by atoms with van der Waals surface area (Å²) in [5, 5.41) is 5.25. The van der Waals surface area contributed by atoms with Crippen LogP contribution in [0.4, 0.5) is 30.6 Å². The summed E-state index contributed by atoms with van der Waals surface area (Å²) in [7, 11) is 1.63. The minimum Gasteiger partial charge on any atom is -0.357 e. The molecule has 0 fully saturated rings. The molecular weight excluding hydrogens is 257 g/mol. The van der Waals surface area contributed by atoms with E-state index >= 15 is 0 Å². The zero-order chi connectivity index (χ0) is 14.0. The number of anilines is 3. The van der Waals surface area contributed by atoms with Crippen LogP contribution in [0.2, 0.25) is 0 Å². The van der Waals surface area contributed by atoms with Gasteiger partial charge in [-0.25, -0.2) is 18.2 Å². The van der Waals surface area contributed by atoms with Gasteiger partial charge in [-0.2, -0.15) is 4.98 Å². The Morgan fingerprint density at radius 3 is 2.47 bits per heavy atom. The Labute approximate surface area is 107 Å². The van der Waals surface area contributed by atoms with E-state index in [1.54, 1.807) is 14.0 Å². The molecule has 0 aliphatic carbocycles. The molecule has 0 aliphatic rings. The number of hydrogen-bond donors (Lipinski definition) is 2. The number of rotatable bonds is 3. The highest BCUT2D eigenvalue weighted by molar-refractivity contribution is 5.58. The van der Waals surface area contributed by atoms with Gasteiger partial charge in [0, 0.05) is 30.9 Å². The average molecular weight is 268 g/mol. The van der Waals surface area contributed by atoms with Crippen molar-refractivity contribution in [2.24, 2.45) is 0 Å². The lowest BCUT2D eigenvalue weighted by molar-refractivity contribution is 0.498. The molecule has 100 valence electrons. The van der Waals surface area contributed by atoms with Gasteiger partial charge in [0.05, 0.1) is 5.69 Å². The molecule has 1 heterocycles. The van der Waals surface area contributed by atoms with Gasteiger partial charge in [-0.3, -0.25) is 0 Å². The second-order valence-electron chi connectivity index (χ2n) is 3.84. The Balaban J connectivity index is 2.38. The van der Waals surface area contributed by atoms with Crippen LogP contribution in [-0.2, 0) is 0 Å². The molecule has 0 unspecified atom stereocenters. The molecule has 1 aromatic heterocycles. The smallest absolute Gasteiger partial charge is 0.224 e. The molecule has 2 aromatic rings. The molecule has 0 aliphatic heterocycles. The Bertz CT molecular complexity index is 616. The topological polar surface area (TPSA) is 49.8 Å². The van der Waals surface area contributed by atoms with Gasteiger partial charge in [-0.1, -0.05) is 0 Å². The summed E-state index contributed by atoms with van der Waals surface area (Å²) in [5.41, 5.74) is 0.303. The van der Waals surface area contributed by atoms with Crippen molar-refractivity contribution in [2.75, 3.05) is 17.7 Å². The predicted molar refractivity (Wildman–Crippen MR) is 65.9 cm³/mol. The van der Waals surface area contributed by atoms with Crippen molar-refractivity contribution in [3.05, 3.63) is 41.3 Å². The van der Waals surface area contributed by atoms with Gasteiger partial charge in [0.15, 0.2) is 11.6 Å². The third kappa shape index (κ3) is 2.93. The maximum absolute atomic E-state index is 13.5. The summed E-state index contributed by atoms with van der Waals surface area (Å²) < 4.78 is 39.6. The van der Waals surface area contributed by atoms with E-state index in [2.05, 4.69) is 20.6 Å². The summed E-state index contributed by atoms with van der Waals surface area (Å²) in [6.07, 6.45) is 0. The molecule has 2 N–H and O–H groups in total. The van der Waals surface area contributed by atoms with Crippen LogP contribution in [-0.4, -0.2) is 17.0 Å². The van der Waals surface area contributed by atoms with Crippen LogP contribution in [0.25, 0.3) is 0 Å². The summed E-state index contributed by atoms with van der Waals surface area (Å²) in [4.78, 5) is 8.05. The first kappa shape index (κ1) is 13.1. The fourth-order valence-corrected chi connectivity index (χ4v) is 1.53. The van der Waals surface area contributed by atoms with Crippen molar-refractivity contribution in [1.82, 2.24) is 9.97 Å². The quantitative estimate of drug-likeness (QED) is 0.840. The highest BCUT2D eigenvalue weighted by Crippen LogP contribution is 2.23. The second kappa shape index (κ2) is 5.13. The fourth-order valence-electron chi connectivity index (χ4n) is 1.53. The van der Waals surface area contributed by atoms with Crippen molar-refractivity contribution < 1.29 is 13.2 Å². The van der Waals surface area contributed by atoms with Crippen molar-refractivity contribution in [3.8, 4) is 0 Å². The van der Waals surface area contributed by atoms with Gasteiger partial charge in [-0.05, 0) is 6.92 Å². The molecule has 1 aromatic carbocycles. The van der Waals surface area contributed by atoms with E-state index in [1.807, 2.05) is 0 Å². The highest BCUT2D eigenvalue weighted by atomic mass is 19.2. The zero-order valence-corrected chi connectivity index (χ0v) is 10.3. The maximum atomic E-state index is 13.5. The number of nitrogens with zero attached hydrogens (tertiary/aromatic N) is 2. The van der Waals surface area contributed by atoms with Crippen LogP contribution in [0.15, 0.2) is 18.2 Å². The van der Waals surface area contributed by atoms with Crippen molar-refractivity contribution in [1.29, 1.82) is 0 Å². The van der Waals surface area contributed by atoms with Crippen LogP contribution in [0.5, 0.6) is 0 Å².